The molecule has 0 spiro atoms. The third-order valence-corrected chi connectivity index (χ3v) is 4.21. The smallest absolute Gasteiger partial charge is 0.219 e. The number of nitrogens with zero attached hydrogens (tertiary/aromatic N) is 1. The van der Waals surface area contributed by atoms with E-state index in [9.17, 15) is 4.79 Å². The van der Waals surface area contributed by atoms with Gasteiger partial charge in [-0.3, -0.25) is 4.79 Å². The first-order valence-electron chi connectivity index (χ1n) is 8.09. The van der Waals surface area contributed by atoms with Gasteiger partial charge in [0.25, 0.3) is 0 Å². The number of hydrogen-bond donors (Lipinski definition) is 1. The van der Waals surface area contributed by atoms with E-state index < -0.39 is 0 Å². The number of aromatic nitrogens is 1. The minimum absolute atomic E-state index is 0.189. The van der Waals surface area contributed by atoms with Crippen molar-refractivity contribution >= 4 is 16.7 Å². The van der Waals surface area contributed by atoms with Crippen LogP contribution in [0.5, 0.6) is 0 Å². The zero-order valence-electron chi connectivity index (χ0n) is 13.9. The van der Waals surface area contributed by atoms with E-state index in [0.717, 1.165) is 27.7 Å². The highest BCUT2D eigenvalue weighted by Crippen LogP contribution is 2.33. The number of aryl methyl sites for hydroxylation is 1. The fraction of sp³-hybridized carbons (Fsp3) is 0.250. The number of quaternary nitrogens is 1. The van der Waals surface area contributed by atoms with E-state index in [-0.39, 0.29) is 5.78 Å². The van der Waals surface area contributed by atoms with Crippen LogP contribution in [0.25, 0.3) is 22.2 Å². The normalized spacial score (nSPS) is 11.3. The van der Waals surface area contributed by atoms with Crippen LogP contribution in [0.15, 0.2) is 54.6 Å². The summed E-state index contributed by atoms with van der Waals surface area (Å²) in [6.07, 6.45) is 0. The first-order valence-corrected chi connectivity index (χ1v) is 8.09. The van der Waals surface area contributed by atoms with Crippen LogP contribution in [0.3, 0.4) is 0 Å². The highest BCUT2D eigenvalue weighted by molar-refractivity contribution is 6.14. The number of hydrogen-bond acceptors (Lipinski definition) is 1. The summed E-state index contributed by atoms with van der Waals surface area (Å²) in [6.45, 7) is 4.69. The molecule has 0 aliphatic heterocycles. The van der Waals surface area contributed by atoms with E-state index in [2.05, 4.69) is 41.9 Å². The minimum Gasteiger partial charge on any atom is -0.343 e. The molecule has 0 amide bonds. The number of carbonyl (C=O) groups is 1. The van der Waals surface area contributed by atoms with Crippen molar-refractivity contribution in [3.8, 4) is 11.3 Å². The fourth-order valence-corrected chi connectivity index (χ4v) is 3.05. The first kappa shape index (κ1) is 15.5. The molecule has 0 unspecified atom stereocenters. The van der Waals surface area contributed by atoms with Crippen molar-refractivity contribution in [1.29, 1.82) is 0 Å². The molecule has 118 valence electrons. The standard InChI is InChI=1S/C20H22N2O/c1-14(2)21-13-18(23)19-16-11-7-8-12-17(16)22(3)20(19)15-9-5-4-6-10-15/h4-12,14,21H,13H2,1-3H3/p+1. The maximum atomic E-state index is 12.9. The molecule has 3 aromatic rings. The van der Waals surface area contributed by atoms with Gasteiger partial charge in [-0.15, -0.1) is 0 Å². The molecule has 0 aliphatic rings. The predicted molar refractivity (Wildman–Crippen MR) is 94.6 cm³/mol. The molecular weight excluding hydrogens is 284 g/mol. The Morgan fingerprint density at radius 2 is 1.70 bits per heavy atom. The van der Waals surface area contributed by atoms with Crippen molar-refractivity contribution in [3.05, 3.63) is 60.2 Å². The van der Waals surface area contributed by atoms with Crippen molar-refractivity contribution in [3.63, 3.8) is 0 Å². The van der Waals surface area contributed by atoms with Crippen molar-refractivity contribution < 1.29 is 10.1 Å². The van der Waals surface area contributed by atoms with Gasteiger partial charge in [-0.05, 0) is 25.5 Å². The lowest BCUT2D eigenvalue weighted by Gasteiger charge is -2.08. The minimum atomic E-state index is 0.189. The number of carbonyl (C=O) groups excluding carboxylic acids is 1. The summed E-state index contributed by atoms with van der Waals surface area (Å²) >= 11 is 0. The van der Waals surface area contributed by atoms with Gasteiger partial charge >= 0.3 is 0 Å². The zero-order chi connectivity index (χ0) is 16.4. The Morgan fingerprint density at radius 3 is 2.39 bits per heavy atom. The molecule has 0 saturated heterocycles. The quantitative estimate of drug-likeness (QED) is 0.723. The van der Waals surface area contributed by atoms with E-state index in [1.807, 2.05) is 43.4 Å². The second kappa shape index (κ2) is 6.39. The highest BCUT2D eigenvalue weighted by atomic mass is 16.1. The van der Waals surface area contributed by atoms with Gasteiger partial charge < -0.3 is 9.88 Å². The Labute approximate surface area is 136 Å². The molecule has 23 heavy (non-hydrogen) atoms. The van der Waals surface area contributed by atoms with Crippen molar-refractivity contribution in [1.82, 2.24) is 4.57 Å². The zero-order valence-corrected chi connectivity index (χ0v) is 13.9. The van der Waals surface area contributed by atoms with Gasteiger partial charge in [0.05, 0.1) is 17.3 Å². The summed E-state index contributed by atoms with van der Waals surface area (Å²) in [5, 5.41) is 3.12. The topological polar surface area (TPSA) is 38.6 Å². The second-order valence-electron chi connectivity index (χ2n) is 6.27. The number of benzene rings is 2. The lowest BCUT2D eigenvalue weighted by atomic mass is 10.0. The summed E-state index contributed by atoms with van der Waals surface area (Å²) in [4.78, 5) is 12.9. The molecule has 0 aliphatic carbocycles. The van der Waals surface area contributed by atoms with Crippen LogP contribution in [0.4, 0.5) is 0 Å². The van der Waals surface area contributed by atoms with Gasteiger partial charge in [-0.25, -0.2) is 0 Å². The van der Waals surface area contributed by atoms with Crippen LogP contribution < -0.4 is 5.32 Å². The van der Waals surface area contributed by atoms with E-state index in [0.29, 0.717) is 12.6 Å². The van der Waals surface area contributed by atoms with Crippen LogP contribution >= 0.6 is 0 Å². The molecule has 0 saturated carbocycles. The van der Waals surface area contributed by atoms with Crippen LogP contribution in [0, 0.1) is 0 Å². The molecule has 3 nitrogen and oxygen atoms in total. The summed E-state index contributed by atoms with van der Waals surface area (Å²) < 4.78 is 2.13. The Bertz CT molecular complexity index is 831. The fourth-order valence-electron chi connectivity index (χ4n) is 3.05. The molecule has 0 radical (unpaired) electrons. The van der Waals surface area contributed by atoms with Gasteiger partial charge in [0.1, 0.15) is 6.54 Å². The monoisotopic (exact) mass is 307 g/mol. The molecule has 0 fully saturated rings. The summed E-state index contributed by atoms with van der Waals surface area (Å²) in [5.74, 6) is 0.189. The molecule has 1 aromatic heterocycles. The molecule has 2 N–H and O–H groups in total. The number of nitrogens with two attached hydrogens (primary N) is 1. The van der Waals surface area contributed by atoms with E-state index in [1.54, 1.807) is 0 Å². The number of rotatable bonds is 5. The Balaban J connectivity index is 2.20. The third-order valence-electron chi connectivity index (χ3n) is 4.21. The van der Waals surface area contributed by atoms with Crippen molar-refractivity contribution in [2.45, 2.75) is 19.9 Å². The summed E-state index contributed by atoms with van der Waals surface area (Å²) in [6, 6.07) is 18.7. The number of Topliss-reactive ketones (excluding diaryl/α,β-unsaturated/α-hetero) is 1. The average molecular weight is 307 g/mol. The van der Waals surface area contributed by atoms with E-state index in [4.69, 9.17) is 0 Å². The van der Waals surface area contributed by atoms with Crippen molar-refractivity contribution in [2.75, 3.05) is 6.54 Å². The summed E-state index contributed by atoms with van der Waals surface area (Å²) in [7, 11) is 2.04. The molecule has 3 rings (SSSR count). The van der Waals surface area contributed by atoms with Crippen LogP contribution in [-0.4, -0.2) is 22.9 Å². The largest absolute Gasteiger partial charge is 0.343 e. The van der Waals surface area contributed by atoms with E-state index in [1.165, 1.54) is 0 Å². The molecule has 1 heterocycles. The first-order chi connectivity index (χ1) is 11.1. The van der Waals surface area contributed by atoms with Gasteiger partial charge in [0.15, 0.2) is 0 Å². The van der Waals surface area contributed by atoms with Crippen LogP contribution in [-0.2, 0) is 7.05 Å². The van der Waals surface area contributed by atoms with Crippen molar-refractivity contribution in [2.24, 2.45) is 7.05 Å². The maximum Gasteiger partial charge on any atom is 0.219 e. The lowest BCUT2D eigenvalue weighted by Crippen LogP contribution is -2.89. The van der Waals surface area contributed by atoms with Gasteiger partial charge in [0, 0.05) is 18.0 Å². The second-order valence-corrected chi connectivity index (χ2v) is 6.27. The molecule has 0 atom stereocenters. The van der Waals surface area contributed by atoms with Crippen LogP contribution in [0.2, 0.25) is 0 Å². The summed E-state index contributed by atoms with van der Waals surface area (Å²) in [5.41, 5.74) is 4.03. The maximum absolute atomic E-state index is 12.9. The molecule has 0 bridgehead atoms. The highest BCUT2D eigenvalue weighted by Gasteiger charge is 2.22. The van der Waals surface area contributed by atoms with Gasteiger partial charge in [-0.2, -0.15) is 0 Å². The lowest BCUT2D eigenvalue weighted by molar-refractivity contribution is -0.671. The van der Waals surface area contributed by atoms with Crippen LogP contribution in [0.1, 0.15) is 24.2 Å². The Morgan fingerprint density at radius 1 is 1.04 bits per heavy atom. The van der Waals surface area contributed by atoms with Gasteiger partial charge in [-0.1, -0.05) is 48.5 Å². The Hall–Kier alpha value is -2.39. The van der Waals surface area contributed by atoms with E-state index >= 15 is 0 Å². The third kappa shape index (κ3) is 2.92. The number of ketones is 1. The average Bonchev–Trinajstić information content (AvgIpc) is 2.87. The molecule has 3 heteroatoms. The van der Waals surface area contributed by atoms with Gasteiger partial charge in [0.2, 0.25) is 5.78 Å². The predicted octanol–water partition coefficient (Wildman–Crippen LogP) is 3.00. The Kier molecular flexibility index (Phi) is 4.30. The number of para-hydroxylation sites is 1. The molecule has 2 aromatic carbocycles. The number of fused-ring (bicyclic) bond motifs is 1. The molecular formula is C20H23N2O+. The SMILES string of the molecule is CC(C)[NH2+]CC(=O)c1c(-c2ccccc2)n(C)c2ccccc12.